The van der Waals surface area contributed by atoms with Crippen LogP contribution in [0.5, 0.6) is 5.75 Å². The van der Waals surface area contributed by atoms with Crippen molar-refractivity contribution in [2.75, 3.05) is 12.4 Å². The average molecular weight is 456 g/mol. The lowest BCUT2D eigenvalue weighted by atomic mass is 10.0. The molecule has 4 aromatic rings. The van der Waals surface area contributed by atoms with Gasteiger partial charge in [0, 0.05) is 17.6 Å². The molecule has 2 aromatic carbocycles. The zero-order valence-electron chi connectivity index (χ0n) is 19.3. The molecule has 4 rings (SSSR count). The number of anilines is 1. The third kappa shape index (κ3) is 4.45. The molecule has 0 spiro atoms. The third-order valence-electron chi connectivity index (χ3n) is 5.64. The van der Waals surface area contributed by atoms with Crippen LogP contribution < -0.4 is 15.5 Å². The second-order valence-corrected chi connectivity index (χ2v) is 7.91. The Bertz CT molecular complexity index is 1460. The number of carbonyl (C=O) groups excluding carboxylic acids is 2. The largest absolute Gasteiger partial charge is 0.496 e. The van der Waals surface area contributed by atoms with Crippen LogP contribution in [0.3, 0.4) is 0 Å². The maximum atomic E-state index is 13.4. The highest BCUT2D eigenvalue weighted by Crippen LogP contribution is 2.22. The number of hydrogen-bond acceptors (Lipinski definition) is 5. The number of rotatable bonds is 7. The molecule has 172 valence electrons. The lowest BCUT2D eigenvalue weighted by Gasteiger charge is -2.15. The predicted molar refractivity (Wildman–Crippen MR) is 132 cm³/mol. The van der Waals surface area contributed by atoms with Crippen molar-refractivity contribution in [3.63, 3.8) is 0 Å². The van der Waals surface area contributed by atoms with Gasteiger partial charge in [0.1, 0.15) is 17.9 Å². The molecule has 7 heteroatoms. The molecule has 2 heterocycles. The van der Waals surface area contributed by atoms with E-state index in [0.717, 1.165) is 17.7 Å². The van der Waals surface area contributed by atoms with E-state index < -0.39 is 11.2 Å². The van der Waals surface area contributed by atoms with Gasteiger partial charge < -0.3 is 14.6 Å². The number of fused-ring (bicyclic) bond motifs is 1. The summed E-state index contributed by atoms with van der Waals surface area (Å²) in [4.78, 5) is 44.1. The normalized spacial score (nSPS) is 10.8. The molecule has 0 unspecified atom stereocenters. The van der Waals surface area contributed by atoms with Crippen molar-refractivity contribution >= 4 is 28.4 Å². The van der Waals surface area contributed by atoms with Crippen LogP contribution in [-0.2, 0) is 17.8 Å². The van der Waals surface area contributed by atoms with Crippen LogP contribution >= 0.6 is 0 Å². The molecule has 0 radical (unpaired) electrons. The highest BCUT2D eigenvalue weighted by Gasteiger charge is 2.21. The minimum absolute atomic E-state index is 0.0515. The molecule has 0 aliphatic rings. The minimum Gasteiger partial charge on any atom is -0.496 e. The molecule has 0 saturated heterocycles. The fourth-order valence-electron chi connectivity index (χ4n) is 3.91. The monoisotopic (exact) mass is 455 g/mol. The molecular weight excluding hydrogens is 430 g/mol. The van der Waals surface area contributed by atoms with Crippen molar-refractivity contribution in [3.05, 3.63) is 99.5 Å². The summed E-state index contributed by atoms with van der Waals surface area (Å²) in [5, 5.41) is 3.20. The van der Waals surface area contributed by atoms with E-state index in [0.29, 0.717) is 17.1 Å². The molecule has 0 fully saturated rings. The summed E-state index contributed by atoms with van der Waals surface area (Å²) in [5.74, 6) is -0.394. The summed E-state index contributed by atoms with van der Waals surface area (Å²) in [5.41, 5.74) is 2.57. The van der Waals surface area contributed by atoms with Gasteiger partial charge in [-0.1, -0.05) is 37.3 Å². The van der Waals surface area contributed by atoms with Crippen LogP contribution in [0.15, 0.2) is 71.7 Å². The van der Waals surface area contributed by atoms with Crippen LogP contribution in [0.1, 0.15) is 34.1 Å². The highest BCUT2D eigenvalue weighted by atomic mass is 16.5. The number of aryl methyl sites for hydroxylation is 2. The molecular formula is C27H25N3O4. The molecule has 0 aliphatic heterocycles. The standard InChI is InChI=1S/C27H25N3O4/c1-4-18-9-5-7-11-22(18)29-24(31)16-30-15-21(25(32)19-10-6-8-12-23(19)34-3)26(33)20-14-13-17(2)28-27(20)30/h5-15H,4,16H2,1-3H3,(H,29,31). The van der Waals surface area contributed by atoms with Gasteiger partial charge in [-0.05, 0) is 49.2 Å². The van der Waals surface area contributed by atoms with Crippen molar-refractivity contribution < 1.29 is 14.3 Å². The Labute approximate surface area is 197 Å². The van der Waals surface area contributed by atoms with Crippen molar-refractivity contribution in [2.45, 2.75) is 26.8 Å². The molecule has 0 atom stereocenters. The molecule has 1 amide bonds. The fraction of sp³-hybridized carbons (Fsp3) is 0.185. The Morgan fingerprint density at radius 2 is 1.74 bits per heavy atom. The molecule has 34 heavy (non-hydrogen) atoms. The third-order valence-corrected chi connectivity index (χ3v) is 5.64. The zero-order chi connectivity index (χ0) is 24.2. The molecule has 7 nitrogen and oxygen atoms in total. The molecule has 0 aliphatic carbocycles. The molecule has 1 N–H and O–H groups in total. The number of methoxy groups -OCH3 is 1. The van der Waals surface area contributed by atoms with E-state index in [4.69, 9.17) is 4.74 Å². The van der Waals surface area contributed by atoms with Crippen LogP contribution in [0, 0.1) is 6.92 Å². The smallest absolute Gasteiger partial charge is 0.244 e. The van der Waals surface area contributed by atoms with Crippen molar-refractivity contribution in [1.29, 1.82) is 0 Å². The first-order chi connectivity index (χ1) is 16.4. The lowest BCUT2D eigenvalue weighted by molar-refractivity contribution is -0.116. The van der Waals surface area contributed by atoms with Gasteiger partial charge in [-0.25, -0.2) is 4.98 Å². The van der Waals surface area contributed by atoms with Gasteiger partial charge in [0.2, 0.25) is 17.1 Å². The number of para-hydroxylation sites is 2. The second kappa shape index (κ2) is 9.70. The van der Waals surface area contributed by atoms with E-state index in [2.05, 4.69) is 10.3 Å². The fourth-order valence-corrected chi connectivity index (χ4v) is 3.91. The van der Waals surface area contributed by atoms with E-state index in [-0.39, 0.29) is 29.0 Å². The van der Waals surface area contributed by atoms with Gasteiger partial charge in [0.05, 0.1) is 23.6 Å². The summed E-state index contributed by atoms with van der Waals surface area (Å²) in [6.07, 6.45) is 2.19. The number of amides is 1. The van der Waals surface area contributed by atoms with Crippen molar-refractivity contribution in [3.8, 4) is 5.75 Å². The summed E-state index contributed by atoms with van der Waals surface area (Å²) >= 11 is 0. The van der Waals surface area contributed by atoms with Gasteiger partial charge >= 0.3 is 0 Å². The van der Waals surface area contributed by atoms with Gasteiger partial charge in [-0.2, -0.15) is 0 Å². The van der Waals surface area contributed by atoms with Crippen LogP contribution in [0.4, 0.5) is 5.69 Å². The number of aromatic nitrogens is 2. The van der Waals surface area contributed by atoms with E-state index >= 15 is 0 Å². The number of pyridine rings is 2. The van der Waals surface area contributed by atoms with E-state index in [1.807, 2.05) is 31.2 Å². The number of ether oxygens (including phenoxy) is 1. The first kappa shape index (κ1) is 22.9. The van der Waals surface area contributed by atoms with Gasteiger partial charge in [-0.3, -0.25) is 14.4 Å². The lowest BCUT2D eigenvalue weighted by Crippen LogP contribution is -2.25. The number of benzene rings is 2. The van der Waals surface area contributed by atoms with E-state index in [9.17, 15) is 14.4 Å². The first-order valence-corrected chi connectivity index (χ1v) is 11.0. The number of carbonyl (C=O) groups is 2. The van der Waals surface area contributed by atoms with Crippen molar-refractivity contribution in [2.24, 2.45) is 0 Å². The number of nitrogens with zero attached hydrogens (tertiary/aromatic N) is 2. The Kier molecular flexibility index (Phi) is 6.54. The number of hydrogen-bond donors (Lipinski definition) is 1. The summed E-state index contributed by atoms with van der Waals surface area (Å²) < 4.78 is 6.86. The highest BCUT2D eigenvalue weighted by molar-refractivity contribution is 6.11. The van der Waals surface area contributed by atoms with E-state index in [1.165, 1.54) is 13.3 Å². The predicted octanol–water partition coefficient (Wildman–Crippen LogP) is 4.15. The van der Waals surface area contributed by atoms with Gasteiger partial charge in [0.25, 0.3) is 0 Å². The second-order valence-electron chi connectivity index (χ2n) is 7.91. The van der Waals surface area contributed by atoms with E-state index in [1.54, 1.807) is 47.9 Å². The van der Waals surface area contributed by atoms with Gasteiger partial charge in [0.15, 0.2) is 0 Å². The molecule has 0 saturated carbocycles. The summed E-state index contributed by atoms with van der Waals surface area (Å²) in [7, 11) is 1.47. The maximum Gasteiger partial charge on any atom is 0.244 e. The maximum absolute atomic E-state index is 13.4. The molecule has 2 aromatic heterocycles. The quantitative estimate of drug-likeness (QED) is 0.423. The van der Waals surface area contributed by atoms with Crippen LogP contribution in [0.25, 0.3) is 11.0 Å². The summed E-state index contributed by atoms with van der Waals surface area (Å²) in [6, 6.07) is 17.7. The SMILES string of the molecule is CCc1ccccc1NC(=O)Cn1cc(C(=O)c2ccccc2OC)c(=O)c2ccc(C)nc21. The topological polar surface area (TPSA) is 90.3 Å². The summed E-state index contributed by atoms with van der Waals surface area (Å²) in [6.45, 7) is 3.71. The number of nitrogens with one attached hydrogen (secondary N) is 1. The minimum atomic E-state index is -0.476. The van der Waals surface area contributed by atoms with Gasteiger partial charge in [-0.15, -0.1) is 0 Å². The Balaban J connectivity index is 1.79. The zero-order valence-corrected chi connectivity index (χ0v) is 19.3. The first-order valence-electron chi connectivity index (χ1n) is 11.0. The van der Waals surface area contributed by atoms with Crippen LogP contribution in [-0.4, -0.2) is 28.4 Å². The van der Waals surface area contributed by atoms with Crippen LogP contribution in [0.2, 0.25) is 0 Å². The number of ketones is 1. The Hall–Kier alpha value is -4.26. The van der Waals surface area contributed by atoms with Crippen molar-refractivity contribution in [1.82, 2.24) is 9.55 Å². The Morgan fingerprint density at radius 1 is 1.00 bits per heavy atom. The molecule has 0 bridgehead atoms. The Morgan fingerprint density at radius 3 is 2.50 bits per heavy atom. The average Bonchev–Trinajstić information content (AvgIpc) is 2.85.